The Labute approximate surface area is 155 Å². The third-order valence-electron chi connectivity index (χ3n) is 4.49. The Morgan fingerprint density at radius 3 is 2.96 bits per heavy atom. The summed E-state index contributed by atoms with van der Waals surface area (Å²) >= 11 is 1.54. The lowest BCUT2D eigenvalue weighted by Crippen LogP contribution is -2.38. The van der Waals surface area contributed by atoms with Crippen LogP contribution in [0.2, 0.25) is 0 Å². The maximum absolute atomic E-state index is 13.1. The number of nitrogens with zero attached hydrogens (tertiary/aromatic N) is 5. The molecule has 4 heterocycles. The molecule has 0 amide bonds. The summed E-state index contributed by atoms with van der Waals surface area (Å²) in [6.07, 6.45) is 5.34. The van der Waals surface area contributed by atoms with E-state index >= 15 is 0 Å². The van der Waals surface area contributed by atoms with Crippen LogP contribution in [0.5, 0.6) is 0 Å². The topological polar surface area (TPSA) is 94.1 Å². The van der Waals surface area contributed by atoms with Crippen LogP contribution in [0, 0.1) is 0 Å². The van der Waals surface area contributed by atoms with Crippen molar-refractivity contribution in [3.8, 4) is 11.5 Å². The number of sulfonamides is 1. The van der Waals surface area contributed by atoms with Gasteiger partial charge in [-0.1, -0.05) is 6.42 Å². The standard InChI is InChI=1S/C16H19N5O3S2/c1-2-20-10-13(9-17-20)26(22,23)21-7-4-3-5-14(21)16-19-18-15(24-16)12-6-8-25-11-12/h6,8-11,14H,2-5,7H2,1H3/t14-/m0/s1. The lowest BCUT2D eigenvalue weighted by Gasteiger charge is -2.31. The molecule has 0 spiro atoms. The first-order valence-corrected chi connectivity index (χ1v) is 10.9. The molecule has 3 aromatic rings. The number of aryl methyl sites for hydroxylation is 1. The summed E-state index contributed by atoms with van der Waals surface area (Å²) in [5, 5.41) is 16.2. The van der Waals surface area contributed by atoms with Crippen LogP contribution >= 0.6 is 11.3 Å². The summed E-state index contributed by atoms with van der Waals surface area (Å²) in [7, 11) is -3.67. The molecule has 4 rings (SSSR count). The van der Waals surface area contributed by atoms with E-state index in [-0.39, 0.29) is 4.90 Å². The van der Waals surface area contributed by atoms with Gasteiger partial charge in [-0.15, -0.1) is 10.2 Å². The van der Waals surface area contributed by atoms with Gasteiger partial charge < -0.3 is 4.42 Å². The number of thiophene rings is 1. The quantitative estimate of drug-likeness (QED) is 0.661. The summed E-state index contributed by atoms with van der Waals surface area (Å²) in [6, 6.07) is 1.45. The van der Waals surface area contributed by atoms with Gasteiger partial charge >= 0.3 is 0 Å². The van der Waals surface area contributed by atoms with Crippen LogP contribution in [0.15, 0.2) is 38.5 Å². The van der Waals surface area contributed by atoms with Crippen molar-refractivity contribution in [2.24, 2.45) is 0 Å². The van der Waals surface area contributed by atoms with E-state index in [1.165, 1.54) is 10.5 Å². The minimum Gasteiger partial charge on any atom is -0.419 e. The van der Waals surface area contributed by atoms with E-state index in [1.807, 2.05) is 23.8 Å². The fourth-order valence-corrected chi connectivity index (χ4v) is 5.33. The molecule has 0 aliphatic carbocycles. The van der Waals surface area contributed by atoms with Gasteiger partial charge in [-0.25, -0.2) is 8.42 Å². The normalized spacial score (nSPS) is 19.0. The Morgan fingerprint density at radius 1 is 1.35 bits per heavy atom. The van der Waals surface area contributed by atoms with E-state index in [9.17, 15) is 8.42 Å². The molecule has 1 fully saturated rings. The van der Waals surface area contributed by atoms with Gasteiger partial charge in [0.15, 0.2) is 0 Å². The van der Waals surface area contributed by atoms with E-state index in [2.05, 4.69) is 15.3 Å². The van der Waals surface area contributed by atoms with Crippen LogP contribution in [0.4, 0.5) is 0 Å². The molecular weight excluding hydrogens is 374 g/mol. The van der Waals surface area contributed by atoms with Gasteiger partial charge in [-0.3, -0.25) is 4.68 Å². The molecule has 0 bridgehead atoms. The number of aromatic nitrogens is 4. The van der Waals surface area contributed by atoms with Crippen LogP contribution in [0.25, 0.3) is 11.5 Å². The van der Waals surface area contributed by atoms with Gasteiger partial charge in [0.05, 0.1) is 6.20 Å². The average molecular weight is 393 g/mol. The predicted molar refractivity (Wildman–Crippen MR) is 96.0 cm³/mol. The molecule has 0 radical (unpaired) electrons. The van der Waals surface area contributed by atoms with E-state index in [4.69, 9.17) is 4.42 Å². The van der Waals surface area contributed by atoms with Crippen molar-refractivity contribution in [1.82, 2.24) is 24.3 Å². The van der Waals surface area contributed by atoms with Crippen molar-refractivity contribution in [2.45, 2.75) is 43.7 Å². The molecule has 8 nitrogen and oxygen atoms in total. The molecule has 1 aliphatic rings. The zero-order valence-electron chi connectivity index (χ0n) is 14.3. The SMILES string of the molecule is CCn1cc(S(=O)(=O)N2CCCC[C@H]2c2nnc(-c3ccsc3)o2)cn1. The first-order valence-electron chi connectivity index (χ1n) is 8.50. The predicted octanol–water partition coefficient (Wildman–Crippen LogP) is 2.93. The molecule has 1 aliphatic heterocycles. The summed E-state index contributed by atoms with van der Waals surface area (Å²) in [5.41, 5.74) is 0.850. The third kappa shape index (κ3) is 3.08. The summed E-state index contributed by atoms with van der Waals surface area (Å²) in [5.74, 6) is 0.764. The monoisotopic (exact) mass is 393 g/mol. The van der Waals surface area contributed by atoms with Gasteiger partial charge in [0, 0.05) is 30.2 Å². The second kappa shape index (κ2) is 6.93. The zero-order chi connectivity index (χ0) is 18.1. The smallest absolute Gasteiger partial charge is 0.248 e. The van der Waals surface area contributed by atoms with Crippen LogP contribution < -0.4 is 0 Å². The molecule has 26 heavy (non-hydrogen) atoms. The zero-order valence-corrected chi connectivity index (χ0v) is 15.9. The Morgan fingerprint density at radius 2 is 2.23 bits per heavy atom. The van der Waals surface area contributed by atoms with E-state index in [1.54, 1.807) is 22.2 Å². The number of hydrogen-bond acceptors (Lipinski definition) is 7. The van der Waals surface area contributed by atoms with Crippen molar-refractivity contribution in [3.05, 3.63) is 35.1 Å². The van der Waals surface area contributed by atoms with Gasteiger partial charge in [0.25, 0.3) is 0 Å². The van der Waals surface area contributed by atoms with E-state index in [0.717, 1.165) is 18.4 Å². The fourth-order valence-electron chi connectivity index (χ4n) is 3.10. The van der Waals surface area contributed by atoms with Crippen molar-refractivity contribution in [1.29, 1.82) is 0 Å². The number of rotatable bonds is 5. The summed E-state index contributed by atoms with van der Waals surface area (Å²) in [6.45, 7) is 2.96. The van der Waals surface area contributed by atoms with Gasteiger partial charge in [-0.2, -0.15) is 20.7 Å². The minimum absolute atomic E-state index is 0.198. The summed E-state index contributed by atoms with van der Waals surface area (Å²) < 4.78 is 35.1. The van der Waals surface area contributed by atoms with Crippen LogP contribution in [-0.2, 0) is 16.6 Å². The molecule has 10 heteroatoms. The van der Waals surface area contributed by atoms with Crippen LogP contribution in [0.1, 0.15) is 38.1 Å². The lowest BCUT2D eigenvalue weighted by molar-refractivity contribution is 0.220. The maximum Gasteiger partial charge on any atom is 0.248 e. The highest BCUT2D eigenvalue weighted by atomic mass is 32.2. The Kier molecular flexibility index (Phi) is 4.63. The largest absolute Gasteiger partial charge is 0.419 e. The molecule has 138 valence electrons. The highest BCUT2D eigenvalue weighted by Gasteiger charge is 2.38. The van der Waals surface area contributed by atoms with Crippen molar-refractivity contribution >= 4 is 21.4 Å². The molecule has 3 aromatic heterocycles. The highest BCUT2D eigenvalue weighted by Crippen LogP contribution is 2.35. The number of piperidine rings is 1. The maximum atomic E-state index is 13.1. The summed E-state index contributed by atoms with van der Waals surface area (Å²) in [4.78, 5) is 0.198. The highest BCUT2D eigenvalue weighted by molar-refractivity contribution is 7.89. The molecule has 0 N–H and O–H groups in total. The molecule has 1 atom stereocenters. The van der Waals surface area contributed by atoms with E-state index in [0.29, 0.717) is 31.3 Å². The van der Waals surface area contributed by atoms with Gasteiger partial charge in [-0.05, 0) is 31.2 Å². The first kappa shape index (κ1) is 17.4. The first-order chi connectivity index (χ1) is 12.6. The lowest BCUT2D eigenvalue weighted by atomic mass is 10.1. The molecule has 0 saturated carbocycles. The number of hydrogen-bond donors (Lipinski definition) is 0. The second-order valence-corrected chi connectivity index (χ2v) is 8.79. The fraction of sp³-hybridized carbons (Fsp3) is 0.438. The Balaban J connectivity index is 1.66. The van der Waals surface area contributed by atoms with Gasteiger partial charge in [0.1, 0.15) is 10.9 Å². The molecular formula is C16H19N5O3S2. The average Bonchev–Trinajstić information content (AvgIpc) is 3.42. The second-order valence-electron chi connectivity index (χ2n) is 6.12. The van der Waals surface area contributed by atoms with Crippen LogP contribution in [0.3, 0.4) is 0 Å². The van der Waals surface area contributed by atoms with Crippen molar-refractivity contribution < 1.29 is 12.8 Å². The molecule has 0 unspecified atom stereocenters. The van der Waals surface area contributed by atoms with Crippen molar-refractivity contribution in [2.75, 3.05) is 6.54 Å². The Bertz CT molecular complexity index is 977. The molecule has 0 aromatic carbocycles. The Hall–Kier alpha value is -2.04. The minimum atomic E-state index is -3.67. The third-order valence-corrected chi connectivity index (χ3v) is 7.03. The van der Waals surface area contributed by atoms with Crippen molar-refractivity contribution in [3.63, 3.8) is 0 Å². The molecule has 1 saturated heterocycles. The van der Waals surface area contributed by atoms with E-state index < -0.39 is 16.1 Å². The van der Waals surface area contributed by atoms with Gasteiger partial charge in [0.2, 0.25) is 21.8 Å². The van der Waals surface area contributed by atoms with Crippen LogP contribution in [-0.4, -0.2) is 39.2 Å².